The van der Waals surface area contributed by atoms with Crippen LogP contribution in [0.4, 0.5) is 8.78 Å². The molecule has 1 aromatic rings. The zero-order valence-corrected chi connectivity index (χ0v) is 12.3. The van der Waals surface area contributed by atoms with Gasteiger partial charge in [0.1, 0.15) is 5.75 Å². The van der Waals surface area contributed by atoms with E-state index in [1.165, 1.54) is 18.2 Å². The predicted octanol–water partition coefficient (Wildman–Crippen LogP) is 2.02. The number of aliphatic hydroxyl groups is 1. The lowest BCUT2D eigenvalue weighted by Crippen LogP contribution is -2.45. The molecule has 0 aliphatic heterocycles. The molecule has 1 rings (SSSR count). The lowest BCUT2D eigenvalue weighted by atomic mass is 10.1. The number of benzene rings is 1. The maximum absolute atomic E-state index is 12.1. The molecule has 0 spiro atoms. The molecule has 0 aliphatic carbocycles. The zero-order chi connectivity index (χ0) is 16.0. The number of nitrogens with one attached hydrogen (secondary N) is 1. The van der Waals surface area contributed by atoms with Crippen LogP contribution in [0.5, 0.6) is 5.75 Å². The predicted molar refractivity (Wildman–Crippen MR) is 77.4 cm³/mol. The number of nitrogens with two attached hydrogens (primary N) is 1. The van der Waals surface area contributed by atoms with E-state index in [0.29, 0.717) is 5.56 Å². The molecule has 7 heteroatoms. The van der Waals surface area contributed by atoms with E-state index >= 15 is 0 Å². The molecular formula is C14H21F2N3O2. The molecule has 0 aromatic heterocycles. The molecule has 0 saturated heterocycles. The van der Waals surface area contributed by atoms with Crippen molar-refractivity contribution in [3.63, 3.8) is 0 Å². The summed E-state index contributed by atoms with van der Waals surface area (Å²) in [5.74, 6) is 0.202. The fourth-order valence-corrected chi connectivity index (χ4v) is 1.61. The first-order chi connectivity index (χ1) is 9.67. The third-order valence-electron chi connectivity index (χ3n) is 2.41. The number of aliphatic hydroxyl groups excluding tert-OH is 1. The molecule has 0 amide bonds. The monoisotopic (exact) mass is 301 g/mol. The average molecular weight is 301 g/mol. The lowest BCUT2D eigenvalue weighted by Gasteiger charge is -2.21. The maximum atomic E-state index is 12.1. The number of rotatable bonds is 5. The van der Waals surface area contributed by atoms with Crippen molar-refractivity contribution in [1.82, 2.24) is 5.32 Å². The number of ether oxygens (including phenoxy) is 1. The van der Waals surface area contributed by atoms with Gasteiger partial charge in [0.2, 0.25) is 0 Å². The second kappa shape index (κ2) is 7.21. The molecule has 0 bridgehead atoms. The highest BCUT2D eigenvalue weighted by Crippen LogP contribution is 2.21. The molecule has 1 aromatic carbocycles. The van der Waals surface area contributed by atoms with Gasteiger partial charge < -0.3 is 20.9 Å². The Hall–Kier alpha value is -1.89. The van der Waals surface area contributed by atoms with E-state index in [1.807, 2.05) is 20.8 Å². The van der Waals surface area contributed by atoms with Crippen molar-refractivity contribution in [2.24, 2.45) is 10.7 Å². The van der Waals surface area contributed by atoms with E-state index < -0.39 is 12.7 Å². The summed E-state index contributed by atoms with van der Waals surface area (Å²) in [5, 5.41) is 12.9. The maximum Gasteiger partial charge on any atom is 0.387 e. The molecule has 0 radical (unpaired) electrons. The fraction of sp³-hybridized carbons (Fsp3) is 0.500. The summed E-state index contributed by atoms with van der Waals surface area (Å²) in [7, 11) is 0. The van der Waals surface area contributed by atoms with Gasteiger partial charge in [-0.1, -0.05) is 12.1 Å². The number of guanidine groups is 1. The summed E-state index contributed by atoms with van der Waals surface area (Å²) < 4.78 is 28.5. The normalized spacial score (nSPS) is 14.1. The number of nitrogens with zero attached hydrogens (tertiary/aromatic N) is 1. The largest absolute Gasteiger partial charge is 0.435 e. The lowest BCUT2D eigenvalue weighted by molar-refractivity contribution is -0.0499. The van der Waals surface area contributed by atoms with Crippen LogP contribution in [-0.4, -0.2) is 29.8 Å². The minimum Gasteiger partial charge on any atom is -0.435 e. The summed E-state index contributed by atoms with van der Waals surface area (Å²) in [6, 6.07) is 5.86. The molecule has 1 atom stereocenters. The van der Waals surface area contributed by atoms with Crippen molar-refractivity contribution in [3.8, 4) is 5.75 Å². The van der Waals surface area contributed by atoms with Gasteiger partial charge in [0.15, 0.2) is 5.96 Å². The summed E-state index contributed by atoms with van der Waals surface area (Å²) in [6.45, 7) is 2.90. The van der Waals surface area contributed by atoms with Crippen LogP contribution in [0.15, 0.2) is 29.3 Å². The van der Waals surface area contributed by atoms with Crippen molar-refractivity contribution < 1.29 is 18.6 Å². The van der Waals surface area contributed by atoms with E-state index in [4.69, 9.17) is 5.73 Å². The number of hydrogen-bond donors (Lipinski definition) is 3. The van der Waals surface area contributed by atoms with Crippen molar-refractivity contribution in [3.05, 3.63) is 29.8 Å². The van der Waals surface area contributed by atoms with E-state index in [-0.39, 0.29) is 23.8 Å². The Balaban J connectivity index is 2.67. The van der Waals surface area contributed by atoms with Gasteiger partial charge in [-0.15, -0.1) is 0 Å². The Morgan fingerprint density at radius 2 is 2.10 bits per heavy atom. The average Bonchev–Trinajstić information content (AvgIpc) is 2.33. The van der Waals surface area contributed by atoms with Crippen LogP contribution in [-0.2, 0) is 0 Å². The van der Waals surface area contributed by atoms with Crippen LogP contribution in [0.3, 0.4) is 0 Å². The zero-order valence-electron chi connectivity index (χ0n) is 12.3. The third kappa shape index (κ3) is 6.89. The summed E-state index contributed by atoms with van der Waals surface area (Å²) >= 11 is 0. The van der Waals surface area contributed by atoms with Gasteiger partial charge in [0.05, 0.1) is 12.6 Å². The molecule has 0 heterocycles. The molecule has 1 unspecified atom stereocenters. The SMILES string of the molecule is CC(C)(C)NC(N)=NCC(O)c1cccc(OC(F)F)c1. The minimum atomic E-state index is -2.90. The molecule has 5 nitrogen and oxygen atoms in total. The topological polar surface area (TPSA) is 79.9 Å². The van der Waals surface area contributed by atoms with Crippen LogP contribution < -0.4 is 15.8 Å². The number of aliphatic imine (C=N–C) groups is 1. The van der Waals surface area contributed by atoms with E-state index in [1.54, 1.807) is 6.07 Å². The Morgan fingerprint density at radius 1 is 1.43 bits per heavy atom. The van der Waals surface area contributed by atoms with Crippen molar-refractivity contribution in [2.45, 2.75) is 39.0 Å². The smallest absolute Gasteiger partial charge is 0.387 e. The van der Waals surface area contributed by atoms with E-state index in [0.717, 1.165) is 0 Å². The standard InChI is InChI=1S/C14H21F2N3O2/c1-14(2,3)19-13(17)18-8-11(20)9-5-4-6-10(7-9)21-12(15)16/h4-7,11-12,20H,8H2,1-3H3,(H3,17,18,19). The molecule has 118 valence electrons. The minimum absolute atomic E-state index is 0.00804. The summed E-state index contributed by atoms with van der Waals surface area (Å²) in [4.78, 5) is 4.02. The third-order valence-corrected chi connectivity index (χ3v) is 2.41. The molecule has 4 N–H and O–H groups in total. The highest BCUT2D eigenvalue weighted by Gasteiger charge is 2.12. The molecule has 0 saturated carbocycles. The van der Waals surface area contributed by atoms with Gasteiger partial charge in [-0.05, 0) is 38.5 Å². The highest BCUT2D eigenvalue weighted by molar-refractivity contribution is 5.78. The van der Waals surface area contributed by atoms with Crippen molar-refractivity contribution in [2.75, 3.05) is 6.54 Å². The summed E-state index contributed by atoms with van der Waals surface area (Å²) in [6.07, 6.45) is -0.952. The van der Waals surface area contributed by atoms with Crippen molar-refractivity contribution in [1.29, 1.82) is 0 Å². The Kier molecular flexibility index (Phi) is 5.90. The van der Waals surface area contributed by atoms with Crippen LogP contribution in [0.1, 0.15) is 32.4 Å². The number of alkyl halides is 2. The summed E-state index contributed by atoms with van der Waals surface area (Å²) in [5.41, 5.74) is 5.88. The van der Waals surface area contributed by atoms with E-state index in [2.05, 4.69) is 15.0 Å². The van der Waals surface area contributed by atoms with Gasteiger partial charge in [0, 0.05) is 5.54 Å². The van der Waals surface area contributed by atoms with Gasteiger partial charge >= 0.3 is 6.61 Å². The van der Waals surface area contributed by atoms with Gasteiger partial charge in [-0.2, -0.15) is 8.78 Å². The van der Waals surface area contributed by atoms with Gasteiger partial charge in [-0.25, -0.2) is 0 Å². The Bertz CT molecular complexity index is 487. The van der Waals surface area contributed by atoms with Crippen LogP contribution in [0, 0.1) is 0 Å². The van der Waals surface area contributed by atoms with Crippen molar-refractivity contribution >= 4 is 5.96 Å². The second-order valence-corrected chi connectivity index (χ2v) is 5.57. The first kappa shape index (κ1) is 17.2. The second-order valence-electron chi connectivity index (χ2n) is 5.57. The quantitative estimate of drug-likeness (QED) is 0.574. The number of halogens is 2. The first-order valence-corrected chi connectivity index (χ1v) is 6.48. The Morgan fingerprint density at radius 3 is 2.67 bits per heavy atom. The van der Waals surface area contributed by atoms with Crippen LogP contribution in [0.25, 0.3) is 0 Å². The molecule has 0 fully saturated rings. The molecule has 0 aliphatic rings. The molecular weight excluding hydrogens is 280 g/mol. The van der Waals surface area contributed by atoms with E-state index in [9.17, 15) is 13.9 Å². The van der Waals surface area contributed by atoms with Gasteiger partial charge in [-0.3, -0.25) is 4.99 Å². The fourth-order valence-electron chi connectivity index (χ4n) is 1.61. The first-order valence-electron chi connectivity index (χ1n) is 6.48. The number of hydrogen-bond acceptors (Lipinski definition) is 3. The Labute approximate surface area is 122 Å². The van der Waals surface area contributed by atoms with Crippen LogP contribution >= 0.6 is 0 Å². The highest BCUT2D eigenvalue weighted by atomic mass is 19.3. The molecule has 21 heavy (non-hydrogen) atoms. The van der Waals surface area contributed by atoms with Gasteiger partial charge in [0.25, 0.3) is 0 Å². The van der Waals surface area contributed by atoms with Crippen LogP contribution in [0.2, 0.25) is 0 Å².